The summed E-state index contributed by atoms with van der Waals surface area (Å²) in [6.07, 6.45) is -0.560. The van der Waals surface area contributed by atoms with E-state index in [2.05, 4.69) is 10.3 Å². The Morgan fingerprint density at radius 3 is 2.29 bits per heavy atom. The molecule has 4 N–H and O–H groups in total. The number of pyridine rings is 1. The fourth-order valence-corrected chi connectivity index (χ4v) is 2.02. The molecule has 0 bridgehead atoms. The molecule has 0 unspecified atom stereocenters. The van der Waals surface area contributed by atoms with Crippen LogP contribution in [0.1, 0.15) is 31.3 Å². The second-order valence-electron chi connectivity index (χ2n) is 6.14. The fraction of sp³-hybridized carbons (Fsp3) is 0.235. The van der Waals surface area contributed by atoms with Gasteiger partial charge in [0.05, 0.1) is 0 Å². The standard InChI is InChI=1S/C17H19N3O4/c1-17(2,3)24-16(23)19-11-6-4-10(5-7-11)12-8-9-13(18)20-14(12)15(21)22/h4-9H,1-3H3,(H2,18,20)(H,19,23)(H,21,22). The summed E-state index contributed by atoms with van der Waals surface area (Å²) in [6, 6.07) is 9.82. The van der Waals surface area contributed by atoms with E-state index >= 15 is 0 Å². The molecule has 7 heteroatoms. The smallest absolute Gasteiger partial charge is 0.412 e. The number of nitrogens with two attached hydrogens (primary N) is 1. The van der Waals surface area contributed by atoms with Crippen molar-refractivity contribution in [2.45, 2.75) is 26.4 Å². The maximum atomic E-state index is 11.7. The van der Waals surface area contributed by atoms with Gasteiger partial charge in [0.15, 0.2) is 5.69 Å². The van der Waals surface area contributed by atoms with Crippen molar-refractivity contribution in [1.29, 1.82) is 0 Å². The Labute approximate surface area is 139 Å². The van der Waals surface area contributed by atoms with Gasteiger partial charge in [0.1, 0.15) is 11.4 Å². The summed E-state index contributed by atoms with van der Waals surface area (Å²) in [4.78, 5) is 26.9. The highest BCUT2D eigenvalue weighted by Gasteiger charge is 2.17. The van der Waals surface area contributed by atoms with Crippen LogP contribution in [0.3, 0.4) is 0 Å². The lowest BCUT2D eigenvalue weighted by Gasteiger charge is -2.19. The van der Waals surface area contributed by atoms with Crippen LogP contribution in [0, 0.1) is 0 Å². The van der Waals surface area contributed by atoms with Gasteiger partial charge in [-0.25, -0.2) is 14.6 Å². The molecule has 1 aromatic heterocycles. The number of nitrogens with zero attached hydrogens (tertiary/aromatic N) is 1. The molecule has 2 aromatic rings. The fourth-order valence-electron chi connectivity index (χ4n) is 2.02. The monoisotopic (exact) mass is 329 g/mol. The molecule has 0 aliphatic rings. The number of carboxylic acids is 1. The summed E-state index contributed by atoms with van der Waals surface area (Å²) >= 11 is 0. The van der Waals surface area contributed by atoms with Crippen LogP contribution < -0.4 is 11.1 Å². The van der Waals surface area contributed by atoms with Crippen LogP contribution in [-0.4, -0.2) is 27.8 Å². The maximum absolute atomic E-state index is 11.7. The molecule has 0 fully saturated rings. The number of nitrogen functional groups attached to an aromatic ring is 1. The number of amides is 1. The van der Waals surface area contributed by atoms with E-state index in [1.165, 1.54) is 6.07 Å². The van der Waals surface area contributed by atoms with Crippen LogP contribution in [0.25, 0.3) is 11.1 Å². The Kier molecular flexibility index (Phi) is 4.73. The molecule has 0 radical (unpaired) electrons. The topological polar surface area (TPSA) is 115 Å². The first-order valence-electron chi connectivity index (χ1n) is 7.26. The van der Waals surface area contributed by atoms with Crippen molar-refractivity contribution in [1.82, 2.24) is 4.98 Å². The number of aromatic carboxylic acids is 1. The quantitative estimate of drug-likeness (QED) is 0.795. The summed E-state index contributed by atoms with van der Waals surface area (Å²) in [5, 5.41) is 11.9. The molecule has 0 atom stereocenters. The SMILES string of the molecule is CC(C)(C)OC(=O)Nc1ccc(-c2ccc(N)nc2C(=O)O)cc1. The number of carbonyl (C=O) groups is 2. The van der Waals surface area contributed by atoms with E-state index in [1.54, 1.807) is 51.1 Å². The predicted octanol–water partition coefficient (Wildman–Crippen LogP) is 3.38. The summed E-state index contributed by atoms with van der Waals surface area (Å²) in [7, 11) is 0. The van der Waals surface area contributed by atoms with Gasteiger partial charge in [0, 0.05) is 11.3 Å². The van der Waals surface area contributed by atoms with Crippen LogP contribution in [0.5, 0.6) is 0 Å². The van der Waals surface area contributed by atoms with Crippen molar-refractivity contribution < 1.29 is 19.4 Å². The van der Waals surface area contributed by atoms with Crippen LogP contribution in [-0.2, 0) is 4.74 Å². The van der Waals surface area contributed by atoms with Crippen molar-refractivity contribution in [3.8, 4) is 11.1 Å². The first-order chi connectivity index (χ1) is 11.2. The van der Waals surface area contributed by atoms with Crippen molar-refractivity contribution in [2.75, 3.05) is 11.1 Å². The Bertz CT molecular complexity index is 764. The molecular formula is C17H19N3O4. The predicted molar refractivity (Wildman–Crippen MR) is 90.9 cm³/mol. The first-order valence-corrected chi connectivity index (χ1v) is 7.26. The van der Waals surface area contributed by atoms with Gasteiger partial charge >= 0.3 is 12.1 Å². The second-order valence-corrected chi connectivity index (χ2v) is 6.14. The molecule has 24 heavy (non-hydrogen) atoms. The Morgan fingerprint density at radius 1 is 1.12 bits per heavy atom. The summed E-state index contributed by atoms with van der Waals surface area (Å²) in [6.45, 7) is 5.33. The summed E-state index contributed by atoms with van der Waals surface area (Å²) in [5.41, 5.74) is 6.46. The van der Waals surface area contributed by atoms with Gasteiger partial charge in [0.25, 0.3) is 0 Å². The number of hydrogen-bond acceptors (Lipinski definition) is 5. The Balaban J connectivity index is 2.21. The van der Waals surface area contributed by atoms with Gasteiger partial charge in [-0.15, -0.1) is 0 Å². The van der Waals surface area contributed by atoms with Crippen molar-refractivity contribution in [3.63, 3.8) is 0 Å². The molecule has 0 spiro atoms. The normalized spacial score (nSPS) is 11.0. The highest BCUT2D eigenvalue weighted by Crippen LogP contribution is 2.25. The highest BCUT2D eigenvalue weighted by molar-refractivity contribution is 5.94. The minimum absolute atomic E-state index is 0.122. The Morgan fingerprint density at radius 2 is 1.75 bits per heavy atom. The summed E-state index contributed by atoms with van der Waals surface area (Å²) < 4.78 is 5.17. The largest absolute Gasteiger partial charge is 0.476 e. The molecule has 0 aliphatic carbocycles. The zero-order valence-corrected chi connectivity index (χ0v) is 13.7. The lowest BCUT2D eigenvalue weighted by Crippen LogP contribution is -2.27. The highest BCUT2D eigenvalue weighted by atomic mass is 16.6. The van der Waals surface area contributed by atoms with Crippen molar-refractivity contribution in [2.24, 2.45) is 0 Å². The molecule has 7 nitrogen and oxygen atoms in total. The van der Waals surface area contributed by atoms with Gasteiger partial charge in [-0.3, -0.25) is 5.32 Å². The van der Waals surface area contributed by atoms with E-state index < -0.39 is 17.7 Å². The number of rotatable bonds is 3. The lowest BCUT2D eigenvalue weighted by molar-refractivity contribution is 0.0634. The average molecular weight is 329 g/mol. The molecule has 0 saturated carbocycles. The molecule has 1 aromatic carbocycles. The third kappa shape index (κ3) is 4.45. The molecule has 0 saturated heterocycles. The van der Waals surface area contributed by atoms with Crippen LogP contribution in [0.4, 0.5) is 16.3 Å². The molecule has 126 valence electrons. The number of benzene rings is 1. The van der Waals surface area contributed by atoms with Crippen LogP contribution >= 0.6 is 0 Å². The minimum atomic E-state index is -1.16. The number of carboxylic acid groups (broad SMARTS) is 1. The van der Waals surface area contributed by atoms with E-state index in [1.807, 2.05) is 0 Å². The number of carbonyl (C=O) groups excluding carboxylic acids is 1. The number of hydrogen-bond donors (Lipinski definition) is 3. The van der Waals surface area contributed by atoms with E-state index in [-0.39, 0.29) is 11.5 Å². The van der Waals surface area contributed by atoms with E-state index in [9.17, 15) is 14.7 Å². The van der Waals surface area contributed by atoms with E-state index in [0.717, 1.165) is 0 Å². The van der Waals surface area contributed by atoms with Crippen molar-refractivity contribution in [3.05, 3.63) is 42.1 Å². The molecule has 2 rings (SSSR count). The van der Waals surface area contributed by atoms with Crippen LogP contribution in [0.2, 0.25) is 0 Å². The number of aromatic nitrogens is 1. The van der Waals surface area contributed by atoms with Gasteiger partial charge < -0.3 is 15.6 Å². The van der Waals surface area contributed by atoms with Gasteiger partial charge in [0.2, 0.25) is 0 Å². The second kappa shape index (κ2) is 6.57. The molecule has 0 aliphatic heterocycles. The zero-order valence-electron chi connectivity index (χ0n) is 13.7. The molecule has 1 heterocycles. The zero-order chi connectivity index (χ0) is 17.9. The molecule has 1 amide bonds. The third-order valence-electron chi connectivity index (χ3n) is 2.96. The third-order valence-corrected chi connectivity index (χ3v) is 2.96. The van der Waals surface area contributed by atoms with E-state index in [0.29, 0.717) is 16.8 Å². The minimum Gasteiger partial charge on any atom is -0.476 e. The number of anilines is 2. The first kappa shape index (κ1) is 17.3. The molecular weight excluding hydrogens is 310 g/mol. The Hall–Kier alpha value is -3.09. The van der Waals surface area contributed by atoms with Gasteiger partial charge in [-0.2, -0.15) is 0 Å². The van der Waals surface area contributed by atoms with E-state index in [4.69, 9.17) is 10.5 Å². The maximum Gasteiger partial charge on any atom is 0.412 e. The van der Waals surface area contributed by atoms with Crippen molar-refractivity contribution >= 4 is 23.6 Å². The van der Waals surface area contributed by atoms with Gasteiger partial charge in [-0.1, -0.05) is 12.1 Å². The lowest BCUT2D eigenvalue weighted by atomic mass is 10.0. The summed E-state index contributed by atoms with van der Waals surface area (Å²) in [5.74, 6) is -1.02. The number of nitrogens with one attached hydrogen (secondary N) is 1. The number of ether oxygens (including phenoxy) is 1. The average Bonchev–Trinajstić information content (AvgIpc) is 2.46. The van der Waals surface area contributed by atoms with Crippen LogP contribution in [0.15, 0.2) is 36.4 Å². The van der Waals surface area contributed by atoms with Gasteiger partial charge in [-0.05, 0) is 50.6 Å².